The van der Waals surface area contributed by atoms with E-state index in [1.54, 1.807) is 10.6 Å². The zero-order chi connectivity index (χ0) is 11.7. The van der Waals surface area contributed by atoms with Gasteiger partial charge in [-0.1, -0.05) is 13.8 Å². The molecule has 84 valence electrons. The summed E-state index contributed by atoms with van der Waals surface area (Å²) in [6, 6.07) is 1.80. The average Bonchev–Trinajstić information content (AvgIpc) is 2.66. The molecule has 0 radical (unpaired) electrons. The fourth-order valence-electron chi connectivity index (χ4n) is 1.56. The largest absolute Gasteiger partial charge is 0.377 e. The molecule has 6 nitrogen and oxygen atoms in total. The molecule has 0 atom stereocenters. The highest BCUT2D eigenvalue weighted by Gasteiger charge is 2.24. The quantitative estimate of drug-likeness (QED) is 0.721. The van der Waals surface area contributed by atoms with Crippen LogP contribution >= 0.6 is 0 Å². The molecule has 3 rings (SSSR count). The minimum absolute atomic E-state index is 0.342. The van der Waals surface area contributed by atoms with Crippen LogP contribution in [0.3, 0.4) is 0 Å². The van der Waals surface area contributed by atoms with Crippen LogP contribution in [-0.4, -0.2) is 20.5 Å². The SMILES string of the molecule is CC.Cc1cc2c3c(ncnn13)C(=O)NO2. The fraction of sp³-hybridized carbons (Fsp3) is 0.300. The Balaban J connectivity index is 0.000000457. The third kappa shape index (κ3) is 1.30. The molecule has 0 fully saturated rings. The molecule has 0 aliphatic carbocycles. The van der Waals surface area contributed by atoms with Crippen molar-refractivity contribution >= 4 is 11.4 Å². The Morgan fingerprint density at radius 1 is 1.44 bits per heavy atom. The van der Waals surface area contributed by atoms with Gasteiger partial charge in [0.1, 0.15) is 11.8 Å². The number of hydroxylamine groups is 1. The maximum atomic E-state index is 11.3. The molecular weight excluding hydrogens is 208 g/mol. The molecule has 6 heteroatoms. The minimum atomic E-state index is -0.344. The lowest BCUT2D eigenvalue weighted by Crippen LogP contribution is -2.31. The number of rotatable bonds is 0. The first-order chi connectivity index (χ1) is 7.77. The third-order valence-corrected chi connectivity index (χ3v) is 2.17. The summed E-state index contributed by atoms with van der Waals surface area (Å²) in [6.07, 6.45) is 1.35. The van der Waals surface area contributed by atoms with Crippen molar-refractivity contribution in [3.63, 3.8) is 0 Å². The van der Waals surface area contributed by atoms with Crippen LogP contribution in [-0.2, 0) is 0 Å². The number of nitrogens with zero attached hydrogens (tertiary/aromatic N) is 3. The number of hydrogen-bond acceptors (Lipinski definition) is 4. The second-order valence-electron chi connectivity index (χ2n) is 3.05. The summed E-state index contributed by atoms with van der Waals surface area (Å²) in [4.78, 5) is 20.3. The van der Waals surface area contributed by atoms with Crippen LogP contribution in [0.25, 0.3) is 5.52 Å². The molecule has 1 amide bonds. The van der Waals surface area contributed by atoms with Crippen LogP contribution < -0.4 is 10.3 Å². The topological polar surface area (TPSA) is 68.5 Å². The van der Waals surface area contributed by atoms with E-state index in [-0.39, 0.29) is 5.91 Å². The first-order valence-electron chi connectivity index (χ1n) is 5.08. The van der Waals surface area contributed by atoms with Crippen molar-refractivity contribution in [2.24, 2.45) is 0 Å². The van der Waals surface area contributed by atoms with E-state index < -0.39 is 0 Å². The van der Waals surface area contributed by atoms with E-state index in [4.69, 9.17) is 4.84 Å². The maximum Gasteiger partial charge on any atom is 0.304 e. The summed E-state index contributed by atoms with van der Waals surface area (Å²) in [5, 5.41) is 4.02. The highest BCUT2D eigenvalue weighted by atomic mass is 16.7. The predicted molar refractivity (Wildman–Crippen MR) is 57.2 cm³/mol. The molecule has 1 aliphatic heterocycles. The van der Waals surface area contributed by atoms with Crippen LogP contribution in [0.5, 0.6) is 5.75 Å². The van der Waals surface area contributed by atoms with Crippen molar-refractivity contribution in [2.45, 2.75) is 20.8 Å². The molecule has 0 bridgehead atoms. The van der Waals surface area contributed by atoms with Crippen molar-refractivity contribution in [1.82, 2.24) is 20.1 Å². The first-order valence-corrected chi connectivity index (χ1v) is 5.08. The predicted octanol–water partition coefficient (Wildman–Crippen LogP) is 1.10. The van der Waals surface area contributed by atoms with Gasteiger partial charge < -0.3 is 4.84 Å². The van der Waals surface area contributed by atoms with Gasteiger partial charge in [-0.2, -0.15) is 10.6 Å². The summed E-state index contributed by atoms with van der Waals surface area (Å²) in [6.45, 7) is 5.88. The highest BCUT2D eigenvalue weighted by Crippen LogP contribution is 2.27. The Hall–Kier alpha value is -2.11. The fourth-order valence-corrected chi connectivity index (χ4v) is 1.56. The number of carbonyl (C=O) groups is 1. The molecule has 16 heavy (non-hydrogen) atoms. The van der Waals surface area contributed by atoms with Gasteiger partial charge >= 0.3 is 5.91 Å². The summed E-state index contributed by atoms with van der Waals surface area (Å²) in [5.41, 5.74) is 4.13. The van der Waals surface area contributed by atoms with Crippen molar-refractivity contribution in [3.05, 3.63) is 23.8 Å². The Bertz CT molecular complexity index is 547. The summed E-state index contributed by atoms with van der Waals surface area (Å²) >= 11 is 0. The van der Waals surface area contributed by atoms with Gasteiger partial charge in [-0.15, -0.1) is 0 Å². The summed E-state index contributed by atoms with van der Waals surface area (Å²) in [7, 11) is 0. The number of aromatic nitrogens is 3. The van der Waals surface area contributed by atoms with Crippen LogP contribution in [0.15, 0.2) is 12.4 Å². The van der Waals surface area contributed by atoms with Crippen molar-refractivity contribution in [3.8, 4) is 5.75 Å². The van der Waals surface area contributed by atoms with Gasteiger partial charge in [0.25, 0.3) is 0 Å². The normalized spacial score (nSPS) is 12.6. The molecule has 1 aliphatic rings. The van der Waals surface area contributed by atoms with Gasteiger partial charge in [-0.25, -0.2) is 9.50 Å². The standard InChI is InChI=1S/C8H6N4O2.C2H6/c1-4-2-5-7-6(8(13)11-14-5)9-3-10-12(4)7;1-2/h2-3H,1H3,(H,11,13);1-2H3. The molecule has 2 aromatic heterocycles. The van der Waals surface area contributed by atoms with E-state index in [0.29, 0.717) is 17.0 Å². The first kappa shape index (κ1) is 10.4. The Kier molecular flexibility index (Phi) is 2.47. The molecule has 1 N–H and O–H groups in total. The van der Waals surface area contributed by atoms with Gasteiger partial charge in [0.2, 0.25) is 0 Å². The van der Waals surface area contributed by atoms with Crippen LogP contribution in [0.4, 0.5) is 0 Å². The zero-order valence-electron chi connectivity index (χ0n) is 9.31. The van der Waals surface area contributed by atoms with Gasteiger partial charge in [0.15, 0.2) is 11.4 Å². The second kappa shape index (κ2) is 3.80. The third-order valence-electron chi connectivity index (χ3n) is 2.17. The number of aryl methyl sites for hydroxylation is 1. The van der Waals surface area contributed by atoms with E-state index in [1.807, 2.05) is 20.8 Å². The van der Waals surface area contributed by atoms with Crippen molar-refractivity contribution in [2.75, 3.05) is 0 Å². The smallest absolute Gasteiger partial charge is 0.304 e. The van der Waals surface area contributed by atoms with Gasteiger partial charge in [0, 0.05) is 11.8 Å². The van der Waals surface area contributed by atoms with Crippen molar-refractivity contribution < 1.29 is 9.63 Å². The van der Waals surface area contributed by atoms with E-state index in [2.05, 4.69) is 15.6 Å². The van der Waals surface area contributed by atoms with Gasteiger partial charge in [-0.05, 0) is 6.92 Å². The van der Waals surface area contributed by atoms with E-state index in [0.717, 1.165) is 5.69 Å². The molecule has 0 unspecified atom stereocenters. The number of amides is 1. The zero-order valence-corrected chi connectivity index (χ0v) is 9.31. The monoisotopic (exact) mass is 220 g/mol. The number of nitrogens with one attached hydrogen (secondary N) is 1. The number of carbonyl (C=O) groups excluding carboxylic acids is 1. The Labute approximate surface area is 92.2 Å². The molecule has 0 aromatic carbocycles. The summed E-state index contributed by atoms with van der Waals surface area (Å²) < 4.78 is 1.64. The molecular formula is C10H12N4O2. The lowest BCUT2D eigenvalue weighted by molar-refractivity contribution is 0.0741. The number of hydrogen-bond donors (Lipinski definition) is 1. The van der Waals surface area contributed by atoms with Crippen LogP contribution in [0.1, 0.15) is 30.0 Å². The van der Waals surface area contributed by atoms with Crippen LogP contribution in [0.2, 0.25) is 0 Å². The lowest BCUT2D eigenvalue weighted by atomic mass is 10.3. The molecule has 2 aromatic rings. The maximum absolute atomic E-state index is 11.3. The second-order valence-corrected chi connectivity index (χ2v) is 3.05. The van der Waals surface area contributed by atoms with Gasteiger partial charge in [0.05, 0.1) is 0 Å². The van der Waals surface area contributed by atoms with Crippen LogP contribution in [0, 0.1) is 6.92 Å². The lowest BCUT2D eigenvalue weighted by Gasteiger charge is -2.12. The molecule has 3 heterocycles. The van der Waals surface area contributed by atoms with Crippen molar-refractivity contribution in [1.29, 1.82) is 0 Å². The Morgan fingerprint density at radius 2 is 2.19 bits per heavy atom. The van der Waals surface area contributed by atoms with E-state index in [1.165, 1.54) is 6.33 Å². The van der Waals surface area contributed by atoms with E-state index in [9.17, 15) is 4.79 Å². The highest BCUT2D eigenvalue weighted by molar-refractivity contribution is 6.01. The molecule has 0 saturated heterocycles. The minimum Gasteiger partial charge on any atom is -0.377 e. The molecule has 0 saturated carbocycles. The molecule has 0 spiro atoms. The van der Waals surface area contributed by atoms with Gasteiger partial charge in [-0.3, -0.25) is 4.79 Å². The summed E-state index contributed by atoms with van der Waals surface area (Å²) in [5.74, 6) is 0.237. The Morgan fingerprint density at radius 3 is 2.94 bits per heavy atom. The average molecular weight is 220 g/mol. The van der Waals surface area contributed by atoms with E-state index >= 15 is 0 Å².